The predicted molar refractivity (Wildman–Crippen MR) is 101 cm³/mol. The molecule has 6 nitrogen and oxygen atoms in total. The maximum absolute atomic E-state index is 13.2. The molecule has 2 aliphatic rings. The smallest absolute Gasteiger partial charge is 0.261 e. The molecule has 4 rings (SSSR count). The molecule has 26 heavy (non-hydrogen) atoms. The van der Waals surface area contributed by atoms with Gasteiger partial charge in [-0.15, -0.1) is 0 Å². The van der Waals surface area contributed by atoms with Gasteiger partial charge >= 0.3 is 0 Å². The standard InChI is InChI=1S/C20H21N5O/c1-12-15-6-5-13(14-8-22-11-23-9-14)7-16(15)20(10-19(12,2)3)17(26)25(4)18(21)24-20/h5-9,11H,1,10H2,2-4H3,(H2,21,24). The summed E-state index contributed by atoms with van der Waals surface area (Å²) < 4.78 is 0. The number of aromatic nitrogens is 2. The van der Waals surface area contributed by atoms with Crippen molar-refractivity contribution < 1.29 is 4.79 Å². The minimum absolute atomic E-state index is 0.0988. The largest absolute Gasteiger partial charge is 0.369 e. The van der Waals surface area contributed by atoms with E-state index >= 15 is 0 Å². The summed E-state index contributed by atoms with van der Waals surface area (Å²) in [7, 11) is 1.67. The minimum atomic E-state index is -1.01. The lowest BCUT2D eigenvalue weighted by Gasteiger charge is -2.42. The van der Waals surface area contributed by atoms with Gasteiger partial charge in [-0.3, -0.25) is 9.69 Å². The number of aliphatic imine (C=N–C) groups is 1. The Morgan fingerprint density at radius 3 is 2.50 bits per heavy atom. The van der Waals surface area contributed by atoms with E-state index in [4.69, 9.17) is 5.73 Å². The van der Waals surface area contributed by atoms with Gasteiger partial charge in [0.1, 0.15) is 6.33 Å². The molecule has 1 aliphatic heterocycles. The molecule has 1 atom stereocenters. The first-order valence-corrected chi connectivity index (χ1v) is 8.49. The van der Waals surface area contributed by atoms with Crippen LogP contribution >= 0.6 is 0 Å². The van der Waals surface area contributed by atoms with E-state index in [1.165, 1.54) is 11.2 Å². The molecule has 0 saturated heterocycles. The van der Waals surface area contributed by atoms with Crippen LogP contribution in [-0.2, 0) is 10.3 Å². The molecule has 1 aromatic heterocycles. The van der Waals surface area contributed by atoms with E-state index in [-0.39, 0.29) is 17.3 Å². The van der Waals surface area contributed by atoms with Crippen molar-refractivity contribution in [3.63, 3.8) is 0 Å². The van der Waals surface area contributed by atoms with Gasteiger partial charge in [-0.2, -0.15) is 0 Å². The van der Waals surface area contributed by atoms with Gasteiger partial charge in [-0.25, -0.2) is 15.0 Å². The van der Waals surface area contributed by atoms with Crippen LogP contribution in [0.2, 0.25) is 0 Å². The Labute approximate surface area is 152 Å². The Kier molecular flexibility index (Phi) is 3.31. The van der Waals surface area contributed by atoms with Crippen molar-refractivity contribution in [2.75, 3.05) is 7.05 Å². The lowest BCUT2D eigenvalue weighted by Crippen LogP contribution is -2.45. The molecule has 0 fully saturated rings. The molecule has 1 amide bonds. The molecule has 2 aromatic rings. The fraction of sp³-hybridized carbons (Fsp3) is 0.300. The van der Waals surface area contributed by atoms with Crippen molar-refractivity contribution >= 4 is 17.4 Å². The van der Waals surface area contributed by atoms with E-state index in [0.717, 1.165) is 27.8 Å². The first-order valence-electron chi connectivity index (χ1n) is 8.49. The number of nitrogens with two attached hydrogens (primary N) is 1. The number of hydrogen-bond acceptors (Lipinski definition) is 5. The van der Waals surface area contributed by atoms with Crippen molar-refractivity contribution in [1.82, 2.24) is 14.9 Å². The highest BCUT2D eigenvalue weighted by atomic mass is 16.2. The number of allylic oxidation sites excluding steroid dienone is 1. The van der Waals surface area contributed by atoms with Crippen LogP contribution in [0.1, 0.15) is 31.4 Å². The molecule has 1 aromatic carbocycles. The Balaban J connectivity index is 1.99. The molecule has 1 aliphatic carbocycles. The topological polar surface area (TPSA) is 84.5 Å². The number of likely N-dealkylation sites (N-methyl/N-ethyl adjacent to an activating group) is 1. The van der Waals surface area contributed by atoms with Crippen LogP contribution in [0.4, 0.5) is 0 Å². The molecular formula is C20H21N5O. The van der Waals surface area contributed by atoms with Crippen LogP contribution in [0, 0.1) is 5.41 Å². The second-order valence-electron chi connectivity index (χ2n) is 7.62. The lowest BCUT2D eigenvalue weighted by molar-refractivity contribution is -0.131. The monoisotopic (exact) mass is 347 g/mol. The molecule has 0 radical (unpaired) electrons. The Morgan fingerprint density at radius 1 is 1.19 bits per heavy atom. The van der Waals surface area contributed by atoms with Crippen molar-refractivity contribution in [3.05, 3.63) is 54.6 Å². The molecule has 1 unspecified atom stereocenters. The number of benzene rings is 1. The van der Waals surface area contributed by atoms with Gasteiger partial charge in [0.2, 0.25) is 0 Å². The molecule has 0 saturated carbocycles. The zero-order valence-electron chi connectivity index (χ0n) is 15.2. The number of fused-ring (bicyclic) bond motifs is 2. The van der Waals surface area contributed by atoms with Crippen LogP contribution in [0.5, 0.6) is 0 Å². The predicted octanol–water partition coefficient (Wildman–Crippen LogP) is 2.57. The second-order valence-corrected chi connectivity index (χ2v) is 7.62. The van der Waals surface area contributed by atoms with E-state index in [1.807, 2.05) is 18.2 Å². The summed E-state index contributed by atoms with van der Waals surface area (Å²) in [5.74, 6) is 0.149. The summed E-state index contributed by atoms with van der Waals surface area (Å²) in [6, 6.07) is 6.02. The summed E-state index contributed by atoms with van der Waals surface area (Å²) in [5, 5.41) is 0. The van der Waals surface area contributed by atoms with Gasteiger partial charge in [0.05, 0.1) is 0 Å². The van der Waals surface area contributed by atoms with Crippen molar-refractivity contribution in [2.24, 2.45) is 16.1 Å². The highest BCUT2D eigenvalue weighted by Crippen LogP contribution is 2.54. The van der Waals surface area contributed by atoms with Gasteiger partial charge in [0.15, 0.2) is 11.5 Å². The maximum Gasteiger partial charge on any atom is 0.261 e. The molecule has 2 heterocycles. The lowest BCUT2D eigenvalue weighted by atomic mass is 9.62. The molecule has 6 heteroatoms. The van der Waals surface area contributed by atoms with E-state index in [2.05, 4.69) is 35.4 Å². The summed E-state index contributed by atoms with van der Waals surface area (Å²) in [6.07, 6.45) is 5.53. The average molecular weight is 347 g/mol. The van der Waals surface area contributed by atoms with Gasteiger partial charge in [0, 0.05) is 25.0 Å². The van der Waals surface area contributed by atoms with E-state index in [0.29, 0.717) is 6.42 Å². The number of carbonyl (C=O) groups is 1. The van der Waals surface area contributed by atoms with E-state index in [9.17, 15) is 4.79 Å². The highest BCUT2D eigenvalue weighted by Gasteiger charge is 2.55. The quantitative estimate of drug-likeness (QED) is 0.859. The number of amides is 1. The average Bonchev–Trinajstić information content (AvgIpc) is 2.84. The third-order valence-corrected chi connectivity index (χ3v) is 5.51. The molecule has 132 valence electrons. The van der Waals surface area contributed by atoms with E-state index < -0.39 is 5.54 Å². The first-order chi connectivity index (χ1) is 12.3. The number of rotatable bonds is 1. The van der Waals surface area contributed by atoms with Gasteiger partial charge in [0.25, 0.3) is 5.91 Å². The Morgan fingerprint density at radius 2 is 1.88 bits per heavy atom. The summed E-state index contributed by atoms with van der Waals surface area (Å²) in [6.45, 7) is 8.49. The van der Waals surface area contributed by atoms with Crippen molar-refractivity contribution in [3.8, 4) is 11.1 Å². The van der Waals surface area contributed by atoms with Gasteiger partial charge in [-0.05, 0) is 40.2 Å². The second kappa shape index (κ2) is 5.24. The summed E-state index contributed by atoms with van der Waals surface area (Å²) in [4.78, 5) is 27.4. The number of hydrogen-bond donors (Lipinski definition) is 1. The number of carbonyl (C=O) groups excluding carboxylic acids is 1. The SMILES string of the molecule is C=C1c2ccc(-c3cncnc3)cc2C2(CC1(C)C)N=C(N)N(C)C2=O. The third-order valence-electron chi connectivity index (χ3n) is 5.51. The maximum atomic E-state index is 13.2. The molecular weight excluding hydrogens is 326 g/mol. The zero-order valence-corrected chi connectivity index (χ0v) is 15.2. The zero-order chi connectivity index (χ0) is 18.7. The first kappa shape index (κ1) is 16.4. The fourth-order valence-corrected chi connectivity index (χ4v) is 3.97. The molecule has 2 N–H and O–H groups in total. The molecule has 0 bridgehead atoms. The van der Waals surface area contributed by atoms with Crippen LogP contribution in [0.3, 0.4) is 0 Å². The number of nitrogens with zero attached hydrogens (tertiary/aromatic N) is 4. The normalized spacial score (nSPS) is 24.0. The molecule has 1 spiro atoms. The van der Waals surface area contributed by atoms with Gasteiger partial charge < -0.3 is 5.73 Å². The van der Waals surface area contributed by atoms with Crippen LogP contribution in [0.15, 0.2) is 48.5 Å². The summed E-state index contributed by atoms with van der Waals surface area (Å²) >= 11 is 0. The van der Waals surface area contributed by atoms with Crippen molar-refractivity contribution in [2.45, 2.75) is 25.8 Å². The third kappa shape index (κ3) is 2.11. The van der Waals surface area contributed by atoms with Crippen LogP contribution in [0.25, 0.3) is 16.7 Å². The minimum Gasteiger partial charge on any atom is -0.369 e. The van der Waals surface area contributed by atoms with Crippen LogP contribution < -0.4 is 5.73 Å². The fourth-order valence-electron chi connectivity index (χ4n) is 3.97. The highest BCUT2D eigenvalue weighted by molar-refractivity contribution is 6.08. The number of guanidine groups is 1. The van der Waals surface area contributed by atoms with E-state index in [1.54, 1.807) is 19.4 Å². The summed E-state index contributed by atoms with van der Waals surface area (Å²) in [5.41, 5.74) is 9.37. The van der Waals surface area contributed by atoms with Crippen LogP contribution in [-0.4, -0.2) is 33.8 Å². The Bertz CT molecular complexity index is 963. The van der Waals surface area contributed by atoms with Gasteiger partial charge in [-0.1, -0.05) is 32.6 Å². The van der Waals surface area contributed by atoms with Crippen molar-refractivity contribution in [1.29, 1.82) is 0 Å². The Hall–Kier alpha value is -3.02.